The zero-order valence-electron chi connectivity index (χ0n) is 12.0. The fourth-order valence-electron chi connectivity index (χ4n) is 1.72. The average molecular weight is 262 g/mol. The summed E-state index contributed by atoms with van der Waals surface area (Å²) in [5.41, 5.74) is 7.53. The molecule has 0 saturated carbocycles. The Hall–Kier alpha value is -1.81. The molecule has 3 N–H and O–H groups in total. The van der Waals surface area contributed by atoms with Gasteiger partial charge in [-0.25, -0.2) is 0 Å². The van der Waals surface area contributed by atoms with Crippen LogP contribution in [-0.2, 0) is 0 Å². The van der Waals surface area contributed by atoms with Gasteiger partial charge in [0.05, 0.1) is 19.3 Å². The Morgan fingerprint density at radius 1 is 1.47 bits per heavy atom. The Balaban J connectivity index is 3.03. The molecular formula is C15H22N2O2. The minimum absolute atomic E-state index is 0.318. The Morgan fingerprint density at radius 2 is 2.16 bits per heavy atom. The van der Waals surface area contributed by atoms with Crippen molar-refractivity contribution in [3.8, 4) is 5.75 Å². The SMILES string of the molecule is COc1c(C)cccc1C(C=NCC(C)(C)O)=CN. The predicted molar refractivity (Wildman–Crippen MR) is 79.6 cm³/mol. The van der Waals surface area contributed by atoms with E-state index in [2.05, 4.69) is 4.99 Å². The molecule has 0 amide bonds. The Morgan fingerprint density at radius 3 is 2.68 bits per heavy atom. The summed E-state index contributed by atoms with van der Waals surface area (Å²) >= 11 is 0. The fourth-order valence-corrected chi connectivity index (χ4v) is 1.72. The normalized spacial score (nSPS) is 13.0. The fraction of sp³-hybridized carbons (Fsp3) is 0.400. The minimum atomic E-state index is -0.826. The van der Waals surface area contributed by atoms with Gasteiger partial charge in [0.2, 0.25) is 0 Å². The summed E-state index contributed by atoms with van der Waals surface area (Å²) in [6.07, 6.45) is 3.15. The van der Waals surface area contributed by atoms with Gasteiger partial charge in [0.1, 0.15) is 5.75 Å². The maximum atomic E-state index is 9.63. The zero-order chi connectivity index (χ0) is 14.5. The molecule has 0 aliphatic rings. The van der Waals surface area contributed by atoms with Crippen molar-refractivity contribution in [2.75, 3.05) is 13.7 Å². The van der Waals surface area contributed by atoms with Gasteiger partial charge in [0.15, 0.2) is 0 Å². The smallest absolute Gasteiger partial charge is 0.129 e. The topological polar surface area (TPSA) is 67.8 Å². The summed E-state index contributed by atoms with van der Waals surface area (Å²) in [7, 11) is 1.63. The highest BCUT2D eigenvalue weighted by Crippen LogP contribution is 2.28. The van der Waals surface area contributed by atoms with Crippen LogP contribution in [0.5, 0.6) is 5.75 Å². The molecule has 1 rings (SSSR count). The molecule has 19 heavy (non-hydrogen) atoms. The average Bonchev–Trinajstić information content (AvgIpc) is 2.33. The van der Waals surface area contributed by atoms with Crippen LogP contribution in [0, 0.1) is 6.92 Å². The van der Waals surface area contributed by atoms with Gasteiger partial charge in [-0.15, -0.1) is 0 Å². The van der Waals surface area contributed by atoms with Gasteiger partial charge >= 0.3 is 0 Å². The van der Waals surface area contributed by atoms with Gasteiger partial charge in [0, 0.05) is 23.6 Å². The van der Waals surface area contributed by atoms with E-state index in [0.717, 1.165) is 22.4 Å². The van der Waals surface area contributed by atoms with Gasteiger partial charge in [-0.05, 0) is 26.3 Å². The Bertz CT molecular complexity index is 485. The van der Waals surface area contributed by atoms with Crippen molar-refractivity contribution in [2.45, 2.75) is 26.4 Å². The van der Waals surface area contributed by atoms with Crippen LogP contribution in [0.2, 0.25) is 0 Å². The van der Waals surface area contributed by atoms with E-state index in [1.165, 1.54) is 6.20 Å². The van der Waals surface area contributed by atoms with Crippen LogP contribution in [0.3, 0.4) is 0 Å². The van der Waals surface area contributed by atoms with Crippen molar-refractivity contribution < 1.29 is 9.84 Å². The minimum Gasteiger partial charge on any atom is -0.496 e. The highest BCUT2D eigenvalue weighted by Gasteiger charge is 2.12. The van der Waals surface area contributed by atoms with E-state index in [1.54, 1.807) is 27.2 Å². The molecule has 0 saturated heterocycles. The van der Waals surface area contributed by atoms with E-state index in [4.69, 9.17) is 10.5 Å². The number of allylic oxidation sites excluding steroid dienone is 1. The number of nitrogens with zero attached hydrogens (tertiary/aromatic N) is 1. The summed E-state index contributed by atoms with van der Waals surface area (Å²) in [4.78, 5) is 4.22. The van der Waals surface area contributed by atoms with Crippen molar-refractivity contribution >= 4 is 11.8 Å². The summed E-state index contributed by atoms with van der Waals surface area (Å²) < 4.78 is 5.40. The predicted octanol–water partition coefficient (Wildman–Crippen LogP) is 2.14. The molecule has 0 atom stereocenters. The van der Waals surface area contributed by atoms with Crippen LogP contribution >= 0.6 is 0 Å². The van der Waals surface area contributed by atoms with E-state index < -0.39 is 5.60 Å². The number of methoxy groups -OCH3 is 1. The molecular weight excluding hydrogens is 240 g/mol. The number of hydrogen-bond donors (Lipinski definition) is 2. The lowest BCUT2D eigenvalue weighted by Crippen LogP contribution is -2.22. The number of ether oxygens (including phenoxy) is 1. The molecule has 0 unspecified atom stereocenters. The van der Waals surface area contributed by atoms with Crippen molar-refractivity contribution in [1.82, 2.24) is 0 Å². The molecule has 1 aromatic carbocycles. The van der Waals surface area contributed by atoms with Crippen molar-refractivity contribution in [3.63, 3.8) is 0 Å². The van der Waals surface area contributed by atoms with E-state index >= 15 is 0 Å². The quantitative estimate of drug-likeness (QED) is 0.799. The molecule has 0 fully saturated rings. The summed E-state index contributed by atoms with van der Waals surface area (Å²) in [5.74, 6) is 0.786. The Labute approximate surface area is 114 Å². The summed E-state index contributed by atoms with van der Waals surface area (Å²) in [5, 5.41) is 9.63. The van der Waals surface area contributed by atoms with Gasteiger partial charge in [0.25, 0.3) is 0 Å². The number of aliphatic hydroxyl groups is 1. The number of nitrogens with two attached hydrogens (primary N) is 1. The first-order valence-electron chi connectivity index (χ1n) is 6.17. The van der Waals surface area contributed by atoms with Crippen LogP contribution in [-0.4, -0.2) is 30.6 Å². The third-order valence-corrected chi connectivity index (χ3v) is 2.62. The molecule has 0 heterocycles. The van der Waals surface area contributed by atoms with E-state index in [1.807, 2.05) is 25.1 Å². The monoisotopic (exact) mass is 262 g/mol. The number of aliphatic imine (C=N–C) groups is 1. The van der Waals surface area contributed by atoms with Gasteiger partial charge < -0.3 is 15.6 Å². The van der Waals surface area contributed by atoms with Crippen LogP contribution < -0.4 is 10.5 Å². The van der Waals surface area contributed by atoms with Crippen molar-refractivity contribution in [2.24, 2.45) is 10.7 Å². The maximum Gasteiger partial charge on any atom is 0.129 e. The van der Waals surface area contributed by atoms with E-state index in [9.17, 15) is 5.11 Å². The van der Waals surface area contributed by atoms with Gasteiger partial charge in [-0.2, -0.15) is 0 Å². The molecule has 0 spiro atoms. The lowest BCUT2D eigenvalue weighted by atomic mass is 10.0. The third kappa shape index (κ3) is 4.41. The van der Waals surface area contributed by atoms with Crippen LogP contribution in [0.1, 0.15) is 25.0 Å². The van der Waals surface area contributed by atoms with E-state index in [0.29, 0.717) is 6.54 Å². The van der Waals surface area contributed by atoms with Crippen LogP contribution in [0.25, 0.3) is 5.57 Å². The van der Waals surface area contributed by atoms with Gasteiger partial charge in [-0.1, -0.05) is 18.2 Å². The highest BCUT2D eigenvalue weighted by atomic mass is 16.5. The maximum absolute atomic E-state index is 9.63. The number of benzene rings is 1. The number of rotatable bonds is 5. The number of aryl methyl sites for hydroxylation is 1. The van der Waals surface area contributed by atoms with Crippen molar-refractivity contribution in [1.29, 1.82) is 0 Å². The first kappa shape index (κ1) is 15.2. The Kier molecular flexibility index (Phi) is 5.12. The zero-order valence-corrected chi connectivity index (χ0v) is 12.0. The lowest BCUT2D eigenvalue weighted by Gasteiger charge is -2.14. The number of para-hydroxylation sites is 1. The molecule has 0 radical (unpaired) electrons. The number of hydrogen-bond acceptors (Lipinski definition) is 4. The molecule has 0 aromatic heterocycles. The first-order valence-corrected chi connectivity index (χ1v) is 6.17. The van der Waals surface area contributed by atoms with E-state index in [-0.39, 0.29) is 0 Å². The van der Waals surface area contributed by atoms with Crippen LogP contribution in [0.4, 0.5) is 0 Å². The van der Waals surface area contributed by atoms with Gasteiger partial charge in [-0.3, -0.25) is 4.99 Å². The largest absolute Gasteiger partial charge is 0.496 e. The molecule has 0 aliphatic heterocycles. The summed E-state index contributed by atoms with van der Waals surface area (Å²) in [6.45, 7) is 5.72. The second-order valence-corrected chi connectivity index (χ2v) is 5.06. The molecule has 1 aromatic rings. The molecule has 4 heteroatoms. The standard InChI is InChI=1S/C15H22N2O2/c1-11-6-5-7-13(14(11)19-4)12(8-16)9-17-10-15(2,3)18/h5-9,18H,10,16H2,1-4H3. The lowest BCUT2D eigenvalue weighted by molar-refractivity contribution is 0.0906. The first-order chi connectivity index (χ1) is 8.89. The third-order valence-electron chi connectivity index (χ3n) is 2.62. The van der Waals surface area contributed by atoms with Crippen molar-refractivity contribution in [3.05, 3.63) is 35.5 Å². The molecule has 0 bridgehead atoms. The molecule has 104 valence electrons. The van der Waals surface area contributed by atoms with Crippen LogP contribution in [0.15, 0.2) is 29.4 Å². The molecule has 4 nitrogen and oxygen atoms in total. The molecule has 0 aliphatic carbocycles. The highest BCUT2D eigenvalue weighted by molar-refractivity contribution is 6.10. The second kappa shape index (κ2) is 6.38. The second-order valence-electron chi connectivity index (χ2n) is 5.06. The summed E-state index contributed by atoms with van der Waals surface area (Å²) in [6, 6.07) is 5.85.